The fourth-order valence-corrected chi connectivity index (χ4v) is 4.76. The number of carbonyl (C=O) groups excluding carboxylic acids is 1. The molecule has 1 aliphatic carbocycles. The van der Waals surface area contributed by atoms with Crippen molar-refractivity contribution in [2.24, 2.45) is 0 Å². The maximum atomic E-state index is 14.4. The van der Waals surface area contributed by atoms with E-state index in [2.05, 4.69) is 21.8 Å². The summed E-state index contributed by atoms with van der Waals surface area (Å²) >= 11 is 13.9. The lowest BCUT2D eigenvalue weighted by Crippen LogP contribution is -2.34. The number of rotatable bonds is 7. The SMILES string of the molecule is CSNC(=O)c1cc(Cl)c(OCC2CCCN2c2ccc(C3CC3)c(Cl)c2)cc1F. The molecule has 0 bridgehead atoms. The van der Waals surface area contributed by atoms with Crippen LogP contribution in [0.2, 0.25) is 10.0 Å². The van der Waals surface area contributed by atoms with E-state index in [4.69, 9.17) is 27.9 Å². The first-order valence-electron chi connectivity index (χ1n) is 9.99. The number of benzene rings is 2. The molecular formula is C22H23Cl2FN2O2S. The average Bonchev–Trinajstić information content (AvgIpc) is 3.45. The van der Waals surface area contributed by atoms with Gasteiger partial charge in [-0.1, -0.05) is 41.2 Å². The minimum absolute atomic E-state index is 0.102. The zero-order valence-corrected chi connectivity index (χ0v) is 18.9. The summed E-state index contributed by atoms with van der Waals surface area (Å²) in [5.41, 5.74) is 2.21. The van der Waals surface area contributed by atoms with E-state index in [1.54, 1.807) is 6.26 Å². The molecule has 2 aromatic carbocycles. The summed E-state index contributed by atoms with van der Waals surface area (Å²) in [4.78, 5) is 14.2. The summed E-state index contributed by atoms with van der Waals surface area (Å²) in [6, 6.07) is 8.93. The number of halogens is 3. The Balaban J connectivity index is 1.45. The molecule has 1 aliphatic heterocycles. The molecule has 4 rings (SSSR count). The summed E-state index contributed by atoms with van der Waals surface area (Å²) in [5, 5.41) is 1.04. The van der Waals surface area contributed by atoms with Crippen LogP contribution in [-0.2, 0) is 0 Å². The number of carbonyl (C=O) groups is 1. The number of nitrogens with one attached hydrogen (secondary N) is 1. The molecule has 8 heteroatoms. The van der Waals surface area contributed by atoms with E-state index in [0.717, 1.165) is 42.0 Å². The van der Waals surface area contributed by atoms with Crippen LogP contribution in [0, 0.1) is 5.82 Å². The van der Waals surface area contributed by atoms with Crippen molar-refractivity contribution >= 4 is 46.7 Å². The number of hydrogen-bond donors (Lipinski definition) is 1. The summed E-state index contributed by atoms with van der Waals surface area (Å²) in [7, 11) is 0. The maximum absolute atomic E-state index is 14.4. The summed E-state index contributed by atoms with van der Waals surface area (Å²) in [6.45, 7) is 1.29. The molecule has 4 nitrogen and oxygen atoms in total. The van der Waals surface area contributed by atoms with Crippen molar-refractivity contribution in [3.05, 3.63) is 57.3 Å². The molecule has 2 fully saturated rings. The van der Waals surface area contributed by atoms with Gasteiger partial charge in [0.05, 0.1) is 16.6 Å². The molecule has 0 spiro atoms. The molecule has 1 atom stereocenters. The zero-order valence-electron chi connectivity index (χ0n) is 16.6. The molecule has 160 valence electrons. The van der Waals surface area contributed by atoms with Crippen LogP contribution in [0.3, 0.4) is 0 Å². The van der Waals surface area contributed by atoms with Gasteiger partial charge in [-0.2, -0.15) is 0 Å². The summed E-state index contributed by atoms with van der Waals surface area (Å²) in [5.74, 6) is -0.334. The Kier molecular flexibility index (Phi) is 6.66. The highest BCUT2D eigenvalue weighted by molar-refractivity contribution is 7.97. The molecular weight excluding hydrogens is 446 g/mol. The van der Waals surface area contributed by atoms with E-state index in [1.807, 2.05) is 6.07 Å². The second-order valence-corrected chi connectivity index (χ2v) is 9.11. The Bertz CT molecular complexity index is 955. The van der Waals surface area contributed by atoms with Crippen LogP contribution in [0.1, 0.15) is 47.5 Å². The first kappa shape index (κ1) is 21.6. The van der Waals surface area contributed by atoms with Crippen molar-refractivity contribution in [1.29, 1.82) is 0 Å². The molecule has 1 N–H and O–H groups in total. The Morgan fingerprint density at radius 2 is 2.03 bits per heavy atom. The van der Waals surface area contributed by atoms with Crippen LogP contribution in [0.15, 0.2) is 30.3 Å². The van der Waals surface area contributed by atoms with Crippen molar-refractivity contribution in [1.82, 2.24) is 4.72 Å². The Hall–Kier alpha value is -1.63. The smallest absolute Gasteiger partial charge is 0.264 e. The van der Waals surface area contributed by atoms with Crippen molar-refractivity contribution in [2.75, 3.05) is 24.3 Å². The van der Waals surface area contributed by atoms with Gasteiger partial charge in [0.2, 0.25) is 0 Å². The number of nitrogens with zero attached hydrogens (tertiary/aromatic N) is 1. The van der Waals surface area contributed by atoms with Crippen LogP contribution in [-0.4, -0.2) is 31.4 Å². The first-order valence-corrected chi connectivity index (χ1v) is 12.0. The largest absolute Gasteiger partial charge is 0.490 e. The molecule has 0 aromatic heterocycles. The van der Waals surface area contributed by atoms with E-state index < -0.39 is 11.7 Å². The van der Waals surface area contributed by atoms with Gasteiger partial charge in [0, 0.05) is 29.6 Å². The molecule has 1 saturated carbocycles. The average molecular weight is 469 g/mol. The monoisotopic (exact) mass is 468 g/mol. The lowest BCUT2D eigenvalue weighted by atomic mass is 10.1. The van der Waals surface area contributed by atoms with Crippen LogP contribution in [0.25, 0.3) is 0 Å². The predicted octanol–water partition coefficient (Wildman–Crippen LogP) is 6.07. The summed E-state index contributed by atoms with van der Waals surface area (Å²) in [6.07, 6.45) is 6.14. The van der Waals surface area contributed by atoms with Gasteiger partial charge in [-0.3, -0.25) is 9.52 Å². The molecule has 1 unspecified atom stereocenters. The van der Waals surface area contributed by atoms with Gasteiger partial charge in [-0.05, 0) is 55.4 Å². The van der Waals surface area contributed by atoms with E-state index >= 15 is 0 Å². The highest BCUT2D eigenvalue weighted by atomic mass is 35.5. The van der Waals surface area contributed by atoms with E-state index in [-0.39, 0.29) is 22.4 Å². The van der Waals surface area contributed by atoms with Gasteiger partial charge in [-0.15, -0.1) is 0 Å². The van der Waals surface area contributed by atoms with Crippen molar-refractivity contribution in [3.63, 3.8) is 0 Å². The van der Waals surface area contributed by atoms with Gasteiger partial charge in [0.25, 0.3) is 5.91 Å². The summed E-state index contributed by atoms with van der Waals surface area (Å²) < 4.78 is 22.7. The van der Waals surface area contributed by atoms with Crippen molar-refractivity contribution < 1.29 is 13.9 Å². The topological polar surface area (TPSA) is 41.6 Å². The third kappa shape index (κ3) is 4.66. The number of amides is 1. The van der Waals surface area contributed by atoms with E-state index in [9.17, 15) is 9.18 Å². The lowest BCUT2D eigenvalue weighted by molar-refractivity contribution is 0.0980. The van der Waals surface area contributed by atoms with Crippen LogP contribution < -0.4 is 14.4 Å². The van der Waals surface area contributed by atoms with Crippen molar-refractivity contribution in [2.45, 2.75) is 37.6 Å². The zero-order chi connectivity index (χ0) is 21.3. The molecule has 1 amide bonds. The maximum Gasteiger partial charge on any atom is 0.264 e. The molecule has 30 heavy (non-hydrogen) atoms. The Morgan fingerprint density at radius 3 is 2.73 bits per heavy atom. The predicted molar refractivity (Wildman–Crippen MR) is 122 cm³/mol. The standard InChI is InChI=1S/C22H23Cl2FN2O2S/c1-30-26-22(28)17-10-19(24)21(11-20(17)25)29-12-15-3-2-8-27(15)14-6-7-16(13-4-5-13)18(23)9-14/h6-7,9-11,13,15H,2-5,8,12H2,1H3,(H,26,28). The fourth-order valence-electron chi connectivity index (χ4n) is 3.92. The van der Waals surface area contributed by atoms with Gasteiger partial charge < -0.3 is 9.64 Å². The number of hydrogen-bond acceptors (Lipinski definition) is 4. The van der Waals surface area contributed by atoms with E-state index in [1.165, 1.54) is 30.5 Å². The van der Waals surface area contributed by atoms with Crippen molar-refractivity contribution in [3.8, 4) is 5.75 Å². The minimum atomic E-state index is -0.660. The molecule has 1 saturated heterocycles. The number of anilines is 1. The van der Waals surface area contributed by atoms with Crippen LogP contribution in [0.4, 0.5) is 10.1 Å². The van der Waals surface area contributed by atoms with Gasteiger partial charge >= 0.3 is 0 Å². The van der Waals surface area contributed by atoms with Gasteiger partial charge in [0.15, 0.2) is 0 Å². The quantitative estimate of drug-likeness (QED) is 0.500. The third-order valence-electron chi connectivity index (χ3n) is 5.60. The molecule has 2 aromatic rings. The second kappa shape index (κ2) is 9.25. The molecule has 1 heterocycles. The first-order chi connectivity index (χ1) is 14.5. The Labute approximate surface area is 190 Å². The molecule has 0 radical (unpaired) electrons. The van der Waals surface area contributed by atoms with Crippen LogP contribution in [0.5, 0.6) is 5.75 Å². The highest BCUT2D eigenvalue weighted by Crippen LogP contribution is 2.44. The van der Waals surface area contributed by atoms with E-state index in [0.29, 0.717) is 12.5 Å². The van der Waals surface area contributed by atoms with Gasteiger partial charge in [-0.25, -0.2) is 4.39 Å². The minimum Gasteiger partial charge on any atom is -0.490 e. The number of ether oxygens (including phenoxy) is 1. The van der Waals surface area contributed by atoms with Gasteiger partial charge in [0.1, 0.15) is 18.2 Å². The van der Waals surface area contributed by atoms with Crippen LogP contribution >= 0.6 is 35.1 Å². The normalized spacial score (nSPS) is 18.5. The third-order valence-corrected chi connectivity index (χ3v) is 6.61. The lowest BCUT2D eigenvalue weighted by Gasteiger charge is -2.27. The fraction of sp³-hybridized carbons (Fsp3) is 0.409. The Morgan fingerprint density at radius 1 is 1.23 bits per heavy atom. The highest BCUT2D eigenvalue weighted by Gasteiger charge is 2.29. The molecule has 2 aliphatic rings. The second-order valence-electron chi connectivity index (χ2n) is 7.68.